The zero-order valence-corrected chi connectivity index (χ0v) is 12.6. The lowest BCUT2D eigenvalue weighted by Crippen LogP contribution is -2.46. The van der Waals surface area contributed by atoms with E-state index in [1.807, 2.05) is 44.2 Å². The van der Waals surface area contributed by atoms with Gasteiger partial charge in [-0.1, -0.05) is 57.0 Å². The predicted molar refractivity (Wildman–Crippen MR) is 82.3 cm³/mol. The van der Waals surface area contributed by atoms with Crippen molar-refractivity contribution in [2.24, 2.45) is 0 Å². The molecule has 0 spiro atoms. The van der Waals surface area contributed by atoms with E-state index in [1.165, 1.54) is 0 Å². The fourth-order valence-electron chi connectivity index (χ4n) is 2.02. The number of benzene rings is 1. The van der Waals surface area contributed by atoms with Gasteiger partial charge in [0.05, 0.1) is 0 Å². The van der Waals surface area contributed by atoms with Crippen LogP contribution in [0.5, 0.6) is 0 Å². The summed E-state index contributed by atoms with van der Waals surface area (Å²) >= 11 is 0. The standard InChI is InChI=1S/C16H24N2O3/c1-3-4-10-14(15(19)20)18-16(21)17-11-12(2)13-8-6-5-7-9-13/h5-9,12,14H,3-4,10-11H2,1-2H3,(H,19,20)(H2,17,18,21)/t12?,14-/m0/s1. The molecular weight excluding hydrogens is 268 g/mol. The van der Waals surface area contributed by atoms with Crippen molar-refractivity contribution in [3.63, 3.8) is 0 Å². The van der Waals surface area contributed by atoms with E-state index >= 15 is 0 Å². The number of unbranched alkanes of at least 4 members (excludes halogenated alkanes) is 1. The second kappa shape index (κ2) is 9.00. The van der Waals surface area contributed by atoms with Crippen LogP contribution in [0.1, 0.15) is 44.6 Å². The molecule has 0 fully saturated rings. The molecule has 2 amide bonds. The molecule has 0 heterocycles. The number of urea groups is 1. The SMILES string of the molecule is CCCC[C@H](NC(=O)NCC(C)c1ccccc1)C(=O)O. The van der Waals surface area contributed by atoms with Gasteiger partial charge in [-0.15, -0.1) is 0 Å². The third-order valence-electron chi connectivity index (χ3n) is 3.39. The zero-order valence-electron chi connectivity index (χ0n) is 12.6. The quantitative estimate of drug-likeness (QED) is 0.689. The number of amides is 2. The highest BCUT2D eigenvalue weighted by atomic mass is 16.4. The number of rotatable bonds is 8. The van der Waals surface area contributed by atoms with Crippen molar-refractivity contribution < 1.29 is 14.7 Å². The minimum Gasteiger partial charge on any atom is -0.480 e. The number of nitrogens with one attached hydrogen (secondary N) is 2. The topological polar surface area (TPSA) is 78.4 Å². The van der Waals surface area contributed by atoms with E-state index in [4.69, 9.17) is 5.11 Å². The Labute approximate surface area is 125 Å². The Morgan fingerprint density at radius 1 is 1.24 bits per heavy atom. The summed E-state index contributed by atoms with van der Waals surface area (Å²) in [6, 6.07) is 8.62. The normalized spacial score (nSPS) is 13.2. The molecule has 1 rings (SSSR count). The zero-order chi connectivity index (χ0) is 15.7. The van der Waals surface area contributed by atoms with Crippen LogP contribution < -0.4 is 10.6 Å². The first kappa shape index (κ1) is 17.0. The molecule has 116 valence electrons. The van der Waals surface area contributed by atoms with Crippen LogP contribution in [0.4, 0.5) is 4.79 Å². The average molecular weight is 292 g/mol. The highest BCUT2D eigenvalue weighted by Gasteiger charge is 2.19. The first-order valence-corrected chi connectivity index (χ1v) is 7.36. The van der Waals surface area contributed by atoms with Crippen molar-refractivity contribution in [2.45, 2.75) is 45.1 Å². The van der Waals surface area contributed by atoms with Gasteiger partial charge in [-0.2, -0.15) is 0 Å². The highest BCUT2D eigenvalue weighted by molar-refractivity contribution is 5.82. The second-order valence-electron chi connectivity index (χ2n) is 5.20. The van der Waals surface area contributed by atoms with E-state index in [9.17, 15) is 9.59 Å². The molecule has 0 radical (unpaired) electrons. The maximum absolute atomic E-state index is 11.8. The van der Waals surface area contributed by atoms with Crippen molar-refractivity contribution in [1.82, 2.24) is 10.6 Å². The fourth-order valence-corrected chi connectivity index (χ4v) is 2.02. The Morgan fingerprint density at radius 3 is 2.48 bits per heavy atom. The van der Waals surface area contributed by atoms with Crippen LogP contribution in [0.25, 0.3) is 0 Å². The summed E-state index contributed by atoms with van der Waals surface area (Å²) in [5.74, 6) is -0.814. The molecule has 5 heteroatoms. The van der Waals surface area contributed by atoms with Crippen LogP contribution in [-0.4, -0.2) is 29.7 Å². The fraction of sp³-hybridized carbons (Fsp3) is 0.500. The summed E-state index contributed by atoms with van der Waals surface area (Å²) in [6.45, 7) is 4.47. The van der Waals surface area contributed by atoms with Gasteiger partial charge in [0.15, 0.2) is 0 Å². The van der Waals surface area contributed by atoms with Gasteiger partial charge in [0.25, 0.3) is 0 Å². The monoisotopic (exact) mass is 292 g/mol. The predicted octanol–water partition coefficient (Wildman–Crippen LogP) is 2.73. The first-order valence-electron chi connectivity index (χ1n) is 7.36. The molecule has 5 nitrogen and oxygen atoms in total. The molecule has 1 aromatic rings. The third-order valence-corrected chi connectivity index (χ3v) is 3.39. The molecule has 3 N–H and O–H groups in total. The second-order valence-corrected chi connectivity index (χ2v) is 5.20. The summed E-state index contributed by atoms with van der Waals surface area (Å²) in [5, 5.41) is 14.3. The van der Waals surface area contributed by atoms with Crippen LogP contribution >= 0.6 is 0 Å². The number of carbonyl (C=O) groups is 2. The summed E-state index contributed by atoms with van der Waals surface area (Å²) in [4.78, 5) is 22.8. The smallest absolute Gasteiger partial charge is 0.326 e. The van der Waals surface area contributed by atoms with Crippen LogP contribution in [-0.2, 0) is 4.79 Å². The molecule has 21 heavy (non-hydrogen) atoms. The Balaban J connectivity index is 2.40. The van der Waals surface area contributed by atoms with Crippen LogP contribution in [0.15, 0.2) is 30.3 Å². The van der Waals surface area contributed by atoms with E-state index in [-0.39, 0.29) is 5.92 Å². The Kier molecular flexibility index (Phi) is 7.29. The van der Waals surface area contributed by atoms with Crippen LogP contribution in [0.2, 0.25) is 0 Å². The molecule has 0 saturated carbocycles. The van der Waals surface area contributed by atoms with Crippen molar-refractivity contribution in [2.75, 3.05) is 6.54 Å². The van der Waals surface area contributed by atoms with Crippen molar-refractivity contribution in [1.29, 1.82) is 0 Å². The minimum absolute atomic E-state index is 0.177. The summed E-state index contributed by atoms with van der Waals surface area (Å²) in [7, 11) is 0. The molecule has 1 aromatic carbocycles. The Hall–Kier alpha value is -2.04. The lowest BCUT2D eigenvalue weighted by molar-refractivity contribution is -0.139. The molecule has 0 aliphatic carbocycles. The van der Waals surface area contributed by atoms with E-state index in [2.05, 4.69) is 10.6 Å². The van der Waals surface area contributed by atoms with Crippen LogP contribution in [0, 0.1) is 0 Å². The molecule has 0 aromatic heterocycles. The number of carboxylic acid groups (broad SMARTS) is 1. The van der Waals surface area contributed by atoms with Gasteiger partial charge in [-0.3, -0.25) is 0 Å². The average Bonchev–Trinajstić information content (AvgIpc) is 2.49. The van der Waals surface area contributed by atoms with Gasteiger partial charge < -0.3 is 15.7 Å². The van der Waals surface area contributed by atoms with E-state index in [1.54, 1.807) is 0 Å². The molecular formula is C16H24N2O3. The lowest BCUT2D eigenvalue weighted by atomic mass is 10.0. The highest BCUT2D eigenvalue weighted by Crippen LogP contribution is 2.12. The van der Waals surface area contributed by atoms with E-state index < -0.39 is 18.0 Å². The molecule has 0 saturated heterocycles. The number of hydrogen-bond donors (Lipinski definition) is 3. The molecule has 1 unspecified atom stereocenters. The Morgan fingerprint density at radius 2 is 1.90 bits per heavy atom. The van der Waals surface area contributed by atoms with Crippen molar-refractivity contribution in [3.05, 3.63) is 35.9 Å². The van der Waals surface area contributed by atoms with Crippen LogP contribution in [0.3, 0.4) is 0 Å². The number of aliphatic carboxylic acids is 1. The summed E-state index contributed by atoms with van der Waals surface area (Å²) in [5.41, 5.74) is 1.14. The van der Waals surface area contributed by atoms with E-state index in [0.29, 0.717) is 13.0 Å². The molecule has 0 aliphatic heterocycles. The number of hydrogen-bond acceptors (Lipinski definition) is 2. The van der Waals surface area contributed by atoms with Gasteiger partial charge in [-0.25, -0.2) is 9.59 Å². The largest absolute Gasteiger partial charge is 0.480 e. The Bertz CT molecular complexity index is 448. The number of carboxylic acids is 1. The first-order chi connectivity index (χ1) is 10.0. The molecule has 0 bridgehead atoms. The maximum atomic E-state index is 11.8. The van der Waals surface area contributed by atoms with Gasteiger partial charge in [0, 0.05) is 6.54 Å². The van der Waals surface area contributed by atoms with Crippen molar-refractivity contribution in [3.8, 4) is 0 Å². The molecule has 0 aliphatic rings. The summed E-state index contributed by atoms with van der Waals surface area (Å²) < 4.78 is 0. The minimum atomic E-state index is -0.991. The third kappa shape index (κ3) is 6.29. The maximum Gasteiger partial charge on any atom is 0.326 e. The number of carbonyl (C=O) groups excluding carboxylic acids is 1. The van der Waals surface area contributed by atoms with Gasteiger partial charge >= 0.3 is 12.0 Å². The lowest BCUT2D eigenvalue weighted by Gasteiger charge is -2.17. The van der Waals surface area contributed by atoms with Crippen molar-refractivity contribution >= 4 is 12.0 Å². The van der Waals surface area contributed by atoms with Gasteiger partial charge in [0.1, 0.15) is 6.04 Å². The van der Waals surface area contributed by atoms with E-state index in [0.717, 1.165) is 18.4 Å². The summed E-state index contributed by atoms with van der Waals surface area (Å²) in [6.07, 6.45) is 2.13. The molecule has 2 atom stereocenters. The van der Waals surface area contributed by atoms with Gasteiger partial charge in [-0.05, 0) is 17.9 Å². The van der Waals surface area contributed by atoms with Gasteiger partial charge in [0.2, 0.25) is 0 Å².